The fourth-order valence-electron chi connectivity index (χ4n) is 5.09. The third-order valence-electron chi connectivity index (χ3n) is 6.22. The summed E-state index contributed by atoms with van der Waals surface area (Å²) in [7, 11) is 0. The minimum atomic E-state index is -0.447. The lowest BCUT2D eigenvalue weighted by molar-refractivity contribution is -0.285. The van der Waals surface area contributed by atoms with Crippen molar-refractivity contribution in [3.63, 3.8) is 0 Å². The topological polar surface area (TPSA) is 73.3 Å². The molecule has 0 amide bonds. The van der Waals surface area contributed by atoms with Crippen LogP contribution in [-0.2, 0) is 9.47 Å². The fraction of sp³-hybridized carbons (Fsp3) is 0.789. The predicted octanol–water partition coefficient (Wildman–Crippen LogP) is 2.44. The highest BCUT2D eigenvalue weighted by Gasteiger charge is 2.46. The Hall–Kier alpha value is -1.40. The van der Waals surface area contributed by atoms with E-state index in [0.29, 0.717) is 0 Å². The number of aromatic amines is 1. The molecule has 0 radical (unpaired) electrons. The van der Waals surface area contributed by atoms with Gasteiger partial charge in [0.1, 0.15) is 6.10 Å². The lowest BCUT2D eigenvalue weighted by Gasteiger charge is -2.46. The van der Waals surface area contributed by atoms with Crippen LogP contribution in [-0.4, -0.2) is 27.9 Å². The van der Waals surface area contributed by atoms with Crippen LogP contribution in [0.15, 0.2) is 21.9 Å². The van der Waals surface area contributed by atoms with Crippen LogP contribution >= 0.6 is 0 Å². The molecule has 6 atom stereocenters. The Labute approximate surface area is 147 Å². The van der Waals surface area contributed by atoms with Crippen molar-refractivity contribution in [3.8, 4) is 0 Å². The zero-order valence-electron chi connectivity index (χ0n) is 15.0. The second-order valence-corrected chi connectivity index (χ2v) is 8.24. The van der Waals surface area contributed by atoms with Crippen LogP contribution in [0.5, 0.6) is 0 Å². The Bertz CT molecular complexity index is 725. The summed E-state index contributed by atoms with van der Waals surface area (Å²) in [5.41, 5.74) is -0.837. The Morgan fingerprint density at radius 2 is 2.12 bits per heavy atom. The summed E-state index contributed by atoms with van der Waals surface area (Å²) in [5.74, 6) is 2.73. The number of aromatic nitrogens is 2. The lowest BCUT2D eigenvalue weighted by Crippen LogP contribution is -2.55. The molecule has 1 aromatic rings. The number of hydrogen-bond donors (Lipinski definition) is 1. The van der Waals surface area contributed by atoms with Crippen molar-refractivity contribution in [1.29, 1.82) is 0 Å². The molecule has 1 aliphatic heterocycles. The minimum absolute atomic E-state index is 0.0327. The lowest BCUT2D eigenvalue weighted by atomic mass is 9.83. The van der Waals surface area contributed by atoms with Gasteiger partial charge in [-0.2, -0.15) is 0 Å². The molecule has 1 saturated heterocycles. The number of ether oxygens (including phenoxy) is 2. The van der Waals surface area contributed by atoms with E-state index in [1.807, 2.05) is 13.8 Å². The molecule has 2 bridgehead atoms. The van der Waals surface area contributed by atoms with E-state index in [-0.39, 0.29) is 18.3 Å². The summed E-state index contributed by atoms with van der Waals surface area (Å²) in [6, 6.07) is 1.35. The molecular formula is C19H28N2O4. The highest BCUT2D eigenvalue weighted by molar-refractivity contribution is 4.95. The second-order valence-electron chi connectivity index (χ2n) is 8.24. The molecule has 4 rings (SSSR count). The van der Waals surface area contributed by atoms with Gasteiger partial charge in [-0.25, -0.2) is 4.79 Å². The van der Waals surface area contributed by atoms with E-state index in [2.05, 4.69) is 4.98 Å². The van der Waals surface area contributed by atoms with Gasteiger partial charge in [0.2, 0.25) is 0 Å². The van der Waals surface area contributed by atoms with Crippen LogP contribution in [0.25, 0.3) is 0 Å². The monoisotopic (exact) mass is 348 g/mol. The number of fused-ring (bicyclic) bond motifs is 2. The Kier molecular flexibility index (Phi) is 4.58. The number of rotatable bonds is 6. The third-order valence-corrected chi connectivity index (χ3v) is 6.22. The zero-order chi connectivity index (χ0) is 17.6. The molecule has 2 aliphatic carbocycles. The van der Waals surface area contributed by atoms with E-state index in [0.717, 1.165) is 24.2 Å². The standard InChI is InChI=1S/C19H28N2O4/c1-11(2)24-17-15(6-5-14-10-12-3-4-13(14)9-12)25-18(17)21-8-7-16(22)20-19(21)23/h7-8,11-15,17-18H,3-6,9-10H2,1-2H3,(H,20,22,23)/t12?,13?,14?,15?,17-,18?/m0/s1. The van der Waals surface area contributed by atoms with Gasteiger partial charge in [-0.15, -0.1) is 0 Å². The highest BCUT2D eigenvalue weighted by atomic mass is 16.6. The van der Waals surface area contributed by atoms with Crippen LogP contribution in [0, 0.1) is 17.8 Å². The van der Waals surface area contributed by atoms with E-state index in [1.165, 1.54) is 48.9 Å². The molecule has 3 fully saturated rings. The van der Waals surface area contributed by atoms with Crippen molar-refractivity contribution in [1.82, 2.24) is 9.55 Å². The third kappa shape index (κ3) is 3.34. The maximum absolute atomic E-state index is 12.0. The molecule has 6 nitrogen and oxygen atoms in total. The molecule has 5 unspecified atom stereocenters. The average Bonchev–Trinajstić information content (AvgIpc) is 3.16. The Balaban J connectivity index is 1.41. The average molecular weight is 348 g/mol. The molecule has 2 heterocycles. The van der Waals surface area contributed by atoms with Gasteiger partial charge in [0, 0.05) is 12.3 Å². The molecule has 0 spiro atoms. The van der Waals surface area contributed by atoms with Crippen molar-refractivity contribution in [2.24, 2.45) is 17.8 Å². The van der Waals surface area contributed by atoms with E-state index >= 15 is 0 Å². The first kappa shape index (κ1) is 17.0. The number of nitrogens with one attached hydrogen (secondary N) is 1. The van der Waals surface area contributed by atoms with Gasteiger partial charge in [-0.05, 0) is 63.7 Å². The molecule has 1 aromatic heterocycles. The number of nitrogens with zero attached hydrogens (tertiary/aromatic N) is 1. The van der Waals surface area contributed by atoms with Gasteiger partial charge < -0.3 is 9.47 Å². The largest absolute Gasteiger partial charge is 0.368 e. The predicted molar refractivity (Wildman–Crippen MR) is 93.4 cm³/mol. The summed E-state index contributed by atoms with van der Waals surface area (Å²) >= 11 is 0. The van der Waals surface area contributed by atoms with Gasteiger partial charge in [0.05, 0.1) is 12.2 Å². The van der Waals surface area contributed by atoms with Crippen molar-refractivity contribution < 1.29 is 9.47 Å². The molecule has 138 valence electrons. The fourth-order valence-corrected chi connectivity index (χ4v) is 5.09. The molecule has 1 N–H and O–H groups in total. The zero-order valence-corrected chi connectivity index (χ0v) is 15.0. The molecule has 6 heteroatoms. The van der Waals surface area contributed by atoms with Gasteiger partial charge in [0.25, 0.3) is 5.56 Å². The molecule has 3 aliphatic rings. The molecule has 0 aromatic carbocycles. The van der Waals surface area contributed by atoms with Gasteiger partial charge in [-0.3, -0.25) is 14.3 Å². The maximum Gasteiger partial charge on any atom is 0.330 e. The number of H-pyrrole nitrogens is 1. The quantitative estimate of drug-likeness (QED) is 0.857. The first-order chi connectivity index (χ1) is 12.0. The SMILES string of the molecule is CC(C)O[C@H]1C(CCC2CC3CCC2C3)OC1n1ccc(=O)[nH]c1=O. The van der Waals surface area contributed by atoms with Crippen molar-refractivity contribution in [2.45, 2.75) is 76.9 Å². The normalized spacial score (nSPS) is 36.8. The minimum Gasteiger partial charge on any atom is -0.368 e. The van der Waals surface area contributed by atoms with Gasteiger partial charge in [-0.1, -0.05) is 6.42 Å². The summed E-state index contributed by atoms with van der Waals surface area (Å²) in [4.78, 5) is 25.6. The molecule has 25 heavy (non-hydrogen) atoms. The first-order valence-electron chi connectivity index (χ1n) is 9.63. The van der Waals surface area contributed by atoms with Crippen molar-refractivity contribution in [3.05, 3.63) is 33.1 Å². The molecule has 2 saturated carbocycles. The van der Waals surface area contributed by atoms with Crippen LogP contribution < -0.4 is 11.2 Å². The summed E-state index contributed by atoms with van der Waals surface area (Å²) in [6.07, 6.45) is 8.84. The van der Waals surface area contributed by atoms with Crippen LogP contribution in [0.4, 0.5) is 0 Å². The summed E-state index contributed by atoms with van der Waals surface area (Å²) < 4.78 is 13.5. The van der Waals surface area contributed by atoms with Crippen LogP contribution in [0.2, 0.25) is 0 Å². The van der Waals surface area contributed by atoms with Crippen LogP contribution in [0.1, 0.15) is 58.6 Å². The first-order valence-corrected chi connectivity index (χ1v) is 9.63. The number of hydrogen-bond acceptors (Lipinski definition) is 4. The van der Waals surface area contributed by atoms with Gasteiger partial charge >= 0.3 is 5.69 Å². The summed E-state index contributed by atoms with van der Waals surface area (Å²) in [6.45, 7) is 4.00. The highest BCUT2D eigenvalue weighted by Crippen LogP contribution is 2.50. The summed E-state index contributed by atoms with van der Waals surface area (Å²) in [5, 5.41) is 0. The van der Waals surface area contributed by atoms with Crippen molar-refractivity contribution in [2.75, 3.05) is 0 Å². The van der Waals surface area contributed by atoms with E-state index in [1.54, 1.807) is 0 Å². The van der Waals surface area contributed by atoms with Crippen molar-refractivity contribution >= 4 is 0 Å². The van der Waals surface area contributed by atoms with E-state index < -0.39 is 17.5 Å². The second kappa shape index (κ2) is 6.72. The van der Waals surface area contributed by atoms with E-state index in [9.17, 15) is 9.59 Å². The maximum atomic E-state index is 12.0. The smallest absolute Gasteiger partial charge is 0.330 e. The Morgan fingerprint density at radius 1 is 1.28 bits per heavy atom. The van der Waals surface area contributed by atoms with Crippen LogP contribution in [0.3, 0.4) is 0 Å². The Morgan fingerprint density at radius 3 is 2.76 bits per heavy atom. The van der Waals surface area contributed by atoms with Gasteiger partial charge in [0.15, 0.2) is 6.23 Å². The van der Waals surface area contributed by atoms with E-state index in [4.69, 9.17) is 9.47 Å². The molecular weight excluding hydrogens is 320 g/mol.